The molecule has 0 aliphatic carbocycles. The van der Waals surface area contributed by atoms with Crippen molar-refractivity contribution >= 4 is 0 Å². The molecule has 3 aliphatic heterocycles. The molecule has 0 bridgehead atoms. The van der Waals surface area contributed by atoms with Crippen LogP contribution in [0.15, 0.2) is 0 Å². The summed E-state index contributed by atoms with van der Waals surface area (Å²) in [6.07, 6.45) is 1.83. The van der Waals surface area contributed by atoms with Crippen molar-refractivity contribution < 1.29 is 28.4 Å². The zero-order valence-electron chi connectivity index (χ0n) is 12.8. The van der Waals surface area contributed by atoms with Gasteiger partial charge in [-0.3, -0.25) is 0 Å². The largest absolute Gasteiger partial charge is 0.378 e. The molecule has 3 aliphatic rings. The fourth-order valence-electron chi connectivity index (χ4n) is 2.14. The summed E-state index contributed by atoms with van der Waals surface area (Å²) in [5, 5.41) is 0. The van der Waals surface area contributed by atoms with E-state index in [-0.39, 0.29) is 5.41 Å². The first-order valence-corrected chi connectivity index (χ1v) is 7.88. The Morgan fingerprint density at radius 1 is 0.762 bits per heavy atom. The van der Waals surface area contributed by atoms with Crippen LogP contribution >= 0.6 is 0 Å². The molecule has 3 heterocycles. The third-order valence-electron chi connectivity index (χ3n) is 4.09. The van der Waals surface area contributed by atoms with Gasteiger partial charge < -0.3 is 28.4 Å². The second kappa shape index (κ2) is 7.35. The summed E-state index contributed by atoms with van der Waals surface area (Å²) < 4.78 is 33.0. The molecule has 0 aromatic rings. The van der Waals surface area contributed by atoms with E-state index in [1.165, 1.54) is 0 Å². The molecule has 0 saturated carbocycles. The Morgan fingerprint density at radius 2 is 1.10 bits per heavy atom. The van der Waals surface area contributed by atoms with Crippen molar-refractivity contribution in [2.24, 2.45) is 5.41 Å². The first kappa shape index (κ1) is 15.6. The highest BCUT2D eigenvalue weighted by Gasteiger charge is 2.34. The molecular weight excluding hydrogens is 276 g/mol. The van der Waals surface area contributed by atoms with Gasteiger partial charge in [-0.2, -0.15) is 0 Å². The highest BCUT2D eigenvalue weighted by molar-refractivity contribution is 4.80. The molecule has 3 atom stereocenters. The average molecular weight is 302 g/mol. The molecule has 122 valence electrons. The maximum absolute atomic E-state index is 5.81. The molecular formula is C15H26O6. The molecule has 0 spiro atoms. The highest BCUT2D eigenvalue weighted by Crippen LogP contribution is 2.26. The lowest BCUT2D eigenvalue weighted by atomic mass is 9.88. The summed E-state index contributed by atoms with van der Waals surface area (Å²) in [5.74, 6) is 0. The van der Waals surface area contributed by atoms with Gasteiger partial charge in [0.05, 0.1) is 59.5 Å². The maximum atomic E-state index is 5.81. The van der Waals surface area contributed by atoms with Gasteiger partial charge in [0.2, 0.25) is 0 Å². The lowest BCUT2D eigenvalue weighted by molar-refractivity contribution is -0.0762. The molecule has 0 radical (unpaired) electrons. The molecule has 6 nitrogen and oxygen atoms in total. The molecule has 3 fully saturated rings. The second-order valence-corrected chi connectivity index (χ2v) is 6.26. The molecule has 21 heavy (non-hydrogen) atoms. The zero-order chi connectivity index (χ0) is 14.5. The molecule has 3 rings (SSSR count). The lowest BCUT2D eigenvalue weighted by Gasteiger charge is -2.32. The minimum absolute atomic E-state index is 0.0985. The summed E-state index contributed by atoms with van der Waals surface area (Å²) in [6.45, 7) is 8.54. The highest BCUT2D eigenvalue weighted by atomic mass is 16.6. The summed E-state index contributed by atoms with van der Waals surface area (Å²) in [6, 6.07) is 0. The lowest BCUT2D eigenvalue weighted by Crippen LogP contribution is -2.38. The van der Waals surface area contributed by atoms with E-state index in [4.69, 9.17) is 28.4 Å². The average Bonchev–Trinajstić information content (AvgIpc) is 3.34. The van der Waals surface area contributed by atoms with Gasteiger partial charge in [-0.1, -0.05) is 6.92 Å². The van der Waals surface area contributed by atoms with Gasteiger partial charge in [-0.25, -0.2) is 0 Å². The van der Waals surface area contributed by atoms with Gasteiger partial charge in [-0.05, 0) is 6.42 Å². The van der Waals surface area contributed by atoms with Crippen LogP contribution in [-0.2, 0) is 28.4 Å². The van der Waals surface area contributed by atoms with Crippen molar-refractivity contribution in [2.75, 3.05) is 59.5 Å². The van der Waals surface area contributed by atoms with Crippen LogP contribution < -0.4 is 0 Å². The van der Waals surface area contributed by atoms with Crippen LogP contribution in [0.25, 0.3) is 0 Å². The monoisotopic (exact) mass is 302 g/mol. The normalized spacial score (nSPS) is 32.7. The van der Waals surface area contributed by atoms with Crippen LogP contribution in [-0.4, -0.2) is 77.8 Å². The maximum Gasteiger partial charge on any atom is 0.104 e. The fraction of sp³-hybridized carbons (Fsp3) is 1.00. The first-order chi connectivity index (χ1) is 10.3. The van der Waals surface area contributed by atoms with Crippen LogP contribution in [0.1, 0.15) is 13.3 Å². The SMILES string of the molecule is CCC(COCC1CO1)(COCC1CO1)COC[C@@H]1CO1. The van der Waals surface area contributed by atoms with Crippen LogP contribution in [0.5, 0.6) is 0 Å². The smallest absolute Gasteiger partial charge is 0.104 e. The summed E-state index contributed by atoms with van der Waals surface area (Å²) in [4.78, 5) is 0. The van der Waals surface area contributed by atoms with E-state index in [0.717, 1.165) is 26.2 Å². The summed E-state index contributed by atoms with van der Waals surface area (Å²) in [7, 11) is 0. The van der Waals surface area contributed by atoms with Gasteiger partial charge >= 0.3 is 0 Å². The third kappa shape index (κ3) is 5.81. The van der Waals surface area contributed by atoms with E-state index in [9.17, 15) is 0 Å². The second-order valence-electron chi connectivity index (χ2n) is 6.26. The molecule has 3 saturated heterocycles. The van der Waals surface area contributed by atoms with Crippen molar-refractivity contribution in [3.8, 4) is 0 Å². The number of ether oxygens (including phenoxy) is 6. The predicted molar refractivity (Wildman–Crippen MR) is 74.4 cm³/mol. The number of rotatable bonds is 13. The van der Waals surface area contributed by atoms with E-state index in [1.807, 2.05) is 0 Å². The van der Waals surface area contributed by atoms with Gasteiger partial charge in [0, 0.05) is 5.41 Å². The van der Waals surface area contributed by atoms with E-state index >= 15 is 0 Å². The standard InChI is InChI=1S/C15H26O6/c1-2-15(9-16-3-12-6-19-12,10-17-4-13-7-20-13)11-18-5-14-8-21-14/h12-14H,2-11H2,1H3/t12-,13?,14?,15?/m1/s1. The van der Waals surface area contributed by atoms with Crippen LogP contribution in [0.4, 0.5) is 0 Å². The first-order valence-electron chi connectivity index (χ1n) is 7.88. The summed E-state index contributed by atoms with van der Waals surface area (Å²) >= 11 is 0. The molecule has 6 heteroatoms. The number of hydrogen-bond donors (Lipinski definition) is 0. The Kier molecular flexibility index (Phi) is 5.48. The Bertz CT molecular complexity index is 266. The quantitative estimate of drug-likeness (QED) is 0.465. The zero-order valence-corrected chi connectivity index (χ0v) is 12.8. The van der Waals surface area contributed by atoms with E-state index < -0.39 is 0 Å². The Balaban J connectivity index is 1.41. The molecule has 0 amide bonds. The van der Waals surface area contributed by atoms with E-state index in [2.05, 4.69) is 6.92 Å². The molecule has 2 unspecified atom stereocenters. The van der Waals surface area contributed by atoms with Crippen LogP contribution in [0.3, 0.4) is 0 Å². The topological polar surface area (TPSA) is 65.3 Å². The fourth-order valence-corrected chi connectivity index (χ4v) is 2.14. The van der Waals surface area contributed by atoms with Crippen LogP contribution in [0, 0.1) is 5.41 Å². The Hall–Kier alpha value is -0.240. The van der Waals surface area contributed by atoms with Crippen molar-refractivity contribution in [3.05, 3.63) is 0 Å². The number of epoxide rings is 3. The van der Waals surface area contributed by atoms with Gasteiger partial charge in [0.15, 0.2) is 0 Å². The van der Waals surface area contributed by atoms with Crippen molar-refractivity contribution in [3.63, 3.8) is 0 Å². The van der Waals surface area contributed by atoms with E-state index in [0.29, 0.717) is 58.0 Å². The van der Waals surface area contributed by atoms with Gasteiger partial charge in [0.1, 0.15) is 18.3 Å². The third-order valence-corrected chi connectivity index (χ3v) is 4.09. The molecule has 0 aromatic carbocycles. The van der Waals surface area contributed by atoms with Crippen molar-refractivity contribution in [1.82, 2.24) is 0 Å². The molecule has 0 aromatic heterocycles. The Labute approximate surface area is 126 Å². The van der Waals surface area contributed by atoms with Crippen molar-refractivity contribution in [2.45, 2.75) is 31.7 Å². The van der Waals surface area contributed by atoms with Gasteiger partial charge in [-0.15, -0.1) is 0 Å². The minimum atomic E-state index is -0.0985. The Morgan fingerprint density at radius 3 is 1.33 bits per heavy atom. The predicted octanol–water partition coefficient (Wildman–Crippen LogP) is 0.629. The van der Waals surface area contributed by atoms with Crippen molar-refractivity contribution in [1.29, 1.82) is 0 Å². The summed E-state index contributed by atoms with van der Waals surface area (Å²) in [5.41, 5.74) is -0.0985. The minimum Gasteiger partial charge on any atom is -0.378 e. The number of hydrogen-bond acceptors (Lipinski definition) is 6. The molecule has 0 N–H and O–H groups in total. The van der Waals surface area contributed by atoms with Crippen LogP contribution in [0.2, 0.25) is 0 Å². The van der Waals surface area contributed by atoms with Gasteiger partial charge in [0.25, 0.3) is 0 Å². The van der Waals surface area contributed by atoms with E-state index in [1.54, 1.807) is 0 Å².